The minimum absolute atomic E-state index is 0.476. The molecular formula is C15H14ClN3. The Hall–Kier alpha value is -2.00. The van der Waals surface area contributed by atoms with Gasteiger partial charge in [-0.2, -0.15) is 0 Å². The number of nitrogens with zero attached hydrogens (tertiary/aromatic N) is 2. The summed E-state index contributed by atoms with van der Waals surface area (Å²) in [7, 11) is 0. The average molecular weight is 272 g/mol. The van der Waals surface area contributed by atoms with Gasteiger partial charge >= 0.3 is 0 Å². The maximum atomic E-state index is 6.07. The van der Waals surface area contributed by atoms with E-state index in [0.29, 0.717) is 11.0 Å². The van der Waals surface area contributed by atoms with Crippen LogP contribution in [0.3, 0.4) is 0 Å². The summed E-state index contributed by atoms with van der Waals surface area (Å²) < 4.78 is 1.94. The first-order valence-corrected chi connectivity index (χ1v) is 6.45. The molecule has 2 N–H and O–H groups in total. The molecule has 0 saturated heterocycles. The van der Waals surface area contributed by atoms with E-state index >= 15 is 0 Å². The number of rotatable bonds is 1. The molecule has 0 unspecified atom stereocenters. The molecule has 0 aliphatic rings. The van der Waals surface area contributed by atoms with Crippen molar-refractivity contribution in [2.75, 3.05) is 5.73 Å². The van der Waals surface area contributed by atoms with E-state index in [4.69, 9.17) is 17.3 Å². The van der Waals surface area contributed by atoms with E-state index in [9.17, 15) is 0 Å². The molecule has 4 heteroatoms. The maximum Gasteiger partial charge on any atom is 0.205 e. The van der Waals surface area contributed by atoms with Gasteiger partial charge in [-0.05, 0) is 43.7 Å². The van der Waals surface area contributed by atoms with Gasteiger partial charge in [0.25, 0.3) is 0 Å². The van der Waals surface area contributed by atoms with Crippen molar-refractivity contribution in [1.29, 1.82) is 0 Å². The zero-order valence-electron chi connectivity index (χ0n) is 10.8. The topological polar surface area (TPSA) is 43.8 Å². The number of aryl methyl sites for hydroxylation is 2. The normalized spacial score (nSPS) is 11.1. The van der Waals surface area contributed by atoms with E-state index in [1.54, 1.807) is 0 Å². The predicted molar refractivity (Wildman–Crippen MR) is 80.0 cm³/mol. The van der Waals surface area contributed by atoms with Gasteiger partial charge in [0.1, 0.15) is 0 Å². The van der Waals surface area contributed by atoms with Gasteiger partial charge in [-0.25, -0.2) is 4.98 Å². The fraction of sp³-hybridized carbons (Fsp3) is 0.133. The van der Waals surface area contributed by atoms with Crippen LogP contribution in [0.4, 0.5) is 5.95 Å². The molecule has 2 aromatic carbocycles. The summed E-state index contributed by atoms with van der Waals surface area (Å²) in [5.41, 5.74) is 11.2. The third kappa shape index (κ3) is 1.96. The van der Waals surface area contributed by atoms with Crippen LogP contribution in [0.1, 0.15) is 11.1 Å². The number of hydrogen-bond acceptors (Lipinski definition) is 2. The summed E-state index contributed by atoms with van der Waals surface area (Å²) in [6.45, 7) is 4.14. The highest BCUT2D eigenvalue weighted by molar-refractivity contribution is 6.31. The van der Waals surface area contributed by atoms with Gasteiger partial charge in [-0.1, -0.05) is 29.3 Å². The highest BCUT2D eigenvalue weighted by atomic mass is 35.5. The van der Waals surface area contributed by atoms with Gasteiger partial charge in [0.05, 0.1) is 16.7 Å². The lowest BCUT2D eigenvalue weighted by atomic mass is 10.1. The SMILES string of the molecule is Cc1ccc(-n2c(N)nc3ccc(Cl)cc32)c(C)c1. The van der Waals surface area contributed by atoms with Crippen LogP contribution in [0, 0.1) is 13.8 Å². The minimum atomic E-state index is 0.476. The molecule has 0 radical (unpaired) electrons. The molecule has 0 saturated carbocycles. The van der Waals surface area contributed by atoms with Gasteiger partial charge in [0, 0.05) is 5.02 Å². The van der Waals surface area contributed by atoms with Crippen LogP contribution < -0.4 is 5.73 Å². The Kier molecular flexibility index (Phi) is 2.72. The second-order valence-electron chi connectivity index (χ2n) is 4.73. The molecule has 0 fully saturated rings. The Balaban J connectivity index is 2.35. The van der Waals surface area contributed by atoms with Crippen LogP contribution in [-0.4, -0.2) is 9.55 Å². The number of benzene rings is 2. The lowest BCUT2D eigenvalue weighted by Crippen LogP contribution is -2.02. The number of hydrogen-bond donors (Lipinski definition) is 1. The van der Waals surface area contributed by atoms with Crippen molar-refractivity contribution < 1.29 is 0 Å². The molecule has 1 aromatic heterocycles. The molecule has 3 nitrogen and oxygen atoms in total. The van der Waals surface area contributed by atoms with Crippen molar-refractivity contribution in [2.45, 2.75) is 13.8 Å². The number of halogens is 1. The van der Waals surface area contributed by atoms with Crippen molar-refractivity contribution in [3.8, 4) is 5.69 Å². The van der Waals surface area contributed by atoms with Crippen LogP contribution in [0.5, 0.6) is 0 Å². The third-order valence-electron chi connectivity index (χ3n) is 3.24. The summed E-state index contributed by atoms with van der Waals surface area (Å²) in [6, 6.07) is 11.8. The average Bonchev–Trinajstić information content (AvgIpc) is 2.65. The molecule has 0 amide bonds. The van der Waals surface area contributed by atoms with Crippen molar-refractivity contribution in [3.63, 3.8) is 0 Å². The predicted octanol–water partition coefficient (Wildman–Crippen LogP) is 3.88. The highest BCUT2D eigenvalue weighted by Gasteiger charge is 2.12. The van der Waals surface area contributed by atoms with Crippen molar-refractivity contribution in [1.82, 2.24) is 9.55 Å². The van der Waals surface area contributed by atoms with Crippen LogP contribution in [0.2, 0.25) is 5.02 Å². The first-order valence-electron chi connectivity index (χ1n) is 6.07. The van der Waals surface area contributed by atoms with E-state index in [0.717, 1.165) is 22.3 Å². The largest absolute Gasteiger partial charge is 0.369 e. The van der Waals surface area contributed by atoms with Crippen molar-refractivity contribution >= 4 is 28.6 Å². The van der Waals surface area contributed by atoms with Crippen LogP contribution in [0.15, 0.2) is 36.4 Å². The van der Waals surface area contributed by atoms with Gasteiger partial charge in [-0.3, -0.25) is 4.57 Å². The molecule has 0 aliphatic heterocycles. The molecule has 1 heterocycles. The van der Waals surface area contributed by atoms with E-state index in [1.807, 2.05) is 22.8 Å². The fourth-order valence-corrected chi connectivity index (χ4v) is 2.54. The highest BCUT2D eigenvalue weighted by Crippen LogP contribution is 2.27. The first kappa shape index (κ1) is 12.1. The fourth-order valence-electron chi connectivity index (χ4n) is 2.38. The van der Waals surface area contributed by atoms with Crippen LogP contribution in [-0.2, 0) is 0 Å². The quantitative estimate of drug-likeness (QED) is 0.730. The molecule has 96 valence electrons. The summed E-state index contributed by atoms with van der Waals surface area (Å²) in [5.74, 6) is 0.476. The number of nitrogens with two attached hydrogens (primary N) is 1. The van der Waals surface area contributed by atoms with Crippen LogP contribution in [0.25, 0.3) is 16.7 Å². The second-order valence-corrected chi connectivity index (χ2v) is 5.16. The monoisotopic (exact) mass is 271 g/mol. The molecule has 0 atom stereocenters. The lowest BCUT2D eigenvalue weighted by molar-refractivity contribution is 1.09. The molecule has 0 bridgehead atoms. The summed E-state index contributed by atoms with van der Waals surface area (Å²) in [6.07, 6.45) is 0. The molecular weight excluding hydrogens is 258 g/mol. The number of aromatic nitrogens is 2. The Morgan fingerprint density at radius 1 is 1.11 bits per heavy atom. The van der Waals surface area contributed by atoms with Gasteiger partial charge in [0.2, 0.25) is 5.95 Å². The molecule has 3 aromatic rings. The third-order valence-corrected chi connectivity index (χ3v) is 3.47. The Morgan fingerprint density at radius 2 is 1.89 bits per heavy atom. The van der Waals surface area contributed by atoms with E-state index in [-0.39, 0.29) is 0 Å². The molecule has 0 aliphatic carbocycles. The maximum absolute atomic E-state index is 6.07. The summed E-state index contributed by atoms with van der Waals surface area (Å²) >= 11 is 6.07. The summed E-state index contributed by atoms with van der Waals surface area (Å²) in [5, 5.41) is 0.679. The Morgan fingerprint density at radius 3 is 2.63 bits per heavy atom. The smallest absolute Gasteiger partial charge is 0.205 e. The van der Waals surface area contributed by atoms with E-state index < -0.39 is 0 Å². The lowest BCUT2D eigenvalue weighted by Gasteiger charge is -2.10. The zero-order chi connectivity index (χ0) is 13.6. The minimum Gasteiger partial charge on any atom is -0.369 e. The van der Waals surface area contributed by atoms with Gasteiger partial charge < -0.3 is 5.73 Å². The van der Waals surface area contributed by atoms with E-state index in [2.05, 4.69) is 37.0 Å². The standard InChI is InChI=1S/C15H14ClN3/c1-9-3-6-13(10(2)7-9)19-14-8-11(16)4-5-12(14)18-15(19)17/h3-8H,1-2H3,(H2,17,18). The zero-order valence-corrected chi connectivity index (χ0v) is 11.6. The molecule has 3 rings (SSSR count). The Bertz CT molecular complexity index is 774. The van der Waals surface area contributed by atoms with Crippen molar-refractivity contribution in [3.05, 3.63) is 52.5 Å². The summed E-state index contributed by atoms with van der Waals surface area (Å²) in [4.78, 5) is 4.38. The number of nitrogen functional groups attached to an aromatic ring is 1. The van der Waals surface area contributed by atoms with E-state index in [1.165, 1.54) is 5.56 Å². The second kappa shape index (κ2) is 4.28. The Labute approximate surface area is 116 Å². The van der Waals surface area contributed by atoms with Crippen molar-refractivity contribution in [2.24, 2.45) is 0 Å². The van der Waals surface area contributed by atoms with Gasteiger partial charge in [0.15, 0.2) is 0 Å². The number of imidazole rings is 1. The number of fused-ring (bicyclic) bond motifs is 1. The molecule has 19 heavy (non-hydrogen) atoms. The van der Waals surface area contributed by atoms with Crippen LogP contribution >= 0.6 is 11.6 Å². The first-order chi connectivity index (χ1) is 9.06. The number of anilines is 1. The molecule has 0 spiro atoms. The van der Waals surface area contributed by atoms with Gasteiger partial charge in [-0.15, -0.1) is 0 Å².